The molecule has 2 N–H and O–H groups in total. The fourth-order valence-electron chi connectivity index (χ4n) is 1.48. The van der Waals surface area contributed by atoms with Crippen LogP contribution in [0.3, 0.4) is 0 Å². The predicted molar refractivity (Wildman–Crippen MR) is 68.5 cm³/mol. The van der Waals surface area contributed by atoms with Crippen molar-refractivity contribution in [3.63, 3.8) is 0 Å². The van der Waals surface area contributed by atoms with Gasteiger partial charge in [0, 0.05) is 13.0 Å². The highest BCUT2D eigenvalue weighted by atomic mass is 32.2. The van der Waals surface area contributed by atoms with E-state index in [-0.39, 0.29) is 24.6 Å². The Labute approximate surface area is 107 Å². The molecule has 0 spiro atoms. The molecule has 5 nitrogen and oxygen atoms in total. The summed E-state index contributed by atoms with van der Waals surface area (Å²) in [5.74, 6) is -1.24. The number of carbonyl (C=O) groups is 1. The molecular weight excluding hydrogens is 254 g/mol. The molecule has 0 bridgehead atoms. The van der Waals surface area contributed by atoms with Crippen LogP contribution in [0.15, 0.2) is 30.3 Å². The van der Waals surface area contributed by atoms with Gasteiger partial charge in [0.1, 0.15) is 0 Å². The summed E-state index contributed by atoms with van der Waals surface area (Å²) >= 11 is 0. The van der Waals surface area contributed by atoms with Crippen LogP contribution < -0.4 is 4.72 Å². The average molecular weight is 271 g/mol. The predicted octanol–water partition coefficient (Wildman–Crippen LogP) is 1.22. The van der Waals surface area contributed by atoms with Crippen LogP contribution in [0, 0.1) is 5.92 Å². The lowest BCUT2D eigenvalue weighted by molar-refractivity contribution is -0.137. The SMILES string of the molecule is CC(CNS(=O)(=O)Cc1ccccc1)CC(=O)O. The van der Waals surface area contributed by atoms with E-state index < -0.39 is 16.0 Å². The lowest BCUT2D eigenvalue weighted by Crippen LogP contribution is -2.30. The minimum atomic E-state index is -3.41. The average Bonchev–Trinajstić information content (AvgIpc) is 2.26. The number of carboxylic acid groups (broad SMARTS) is 1. The highest BCUT2D eigenvalue weighted by Gasteiger charge is 2.14. The third-order valence-electron chi connectivity index (χ3n) is 2.37. The Bertz CT molecular complexity index is 484. The first-order valence-electron chi connectivity index (χ1n) is 5.62. The third kappa shape index (κ3) is 5.79. The van der Waals surface area contributed by atoms with Crippen molar-refractivity contribution >= 4 is 16.0 Å². The largest absolute Gasteiger partial charge is 0.481 e. The normalized spacial score (nSPS) is 13.2. The van der Waals surface area contributed by atoms with Crippen molar-refractivity contribution in [2.45, 2.75) is 19.1 Å². The maximum Gasteiger partial charge on any atom is 0.303 e. The fraction of sp³-hybridized carbons (Fsp3) is 0.417. The molecule has 0 aliphatic rings. The van der Waals surface area contributed by atoms with Crippen LogP contribution in [0.1, 0.15) is 18.9 Å². The first-order chi connectivity index (χ1) is 8.39. The maximum absolute atomic E-state index is 11.7. The molecule has 0 heterocycles. The van der Waals surface area contributed by atoms with Gasteiger partial charge < -0.3 is 5.11 Å². The van der Waals surface area contributed by atoms with E-state index in [1.165, 1.54) is 0 Å². The van der Waals surface area contributed by atoms with Crippen molar-refractivity contribution in [1.82, 2.24) is 4.72 Å². The third-order valence-corrected chi connectivity index (χ3v) is 3.69. The van der Waals surface area contributed by atoms with Gasteiger partial charge >= 0.3 is 5.97 Å². The fourth-order valence-corrected chi connectivity index (χ4v) is 2.76. The van der Waals surface area contributed by atoms with Crippen LogP contribution in [-0.4, -0.2) is 26.0 Å². The molecule has 0 radical (unpaired) electrons. The highest BCUT2D eigenvalue weighted by Crippen LogP contribution is 2.05. The van der Waals surface area contributed by atoms with E-state index in [9.17, 15) is 13.2 Å². The first-order valence-corrected chi connectivity index (χ1v) is 7.27. The Morgan fingerprint density at radius 1 is 1.33 bits per heavy atom. The number of hydrogen-bond donors (Lipinski definition) is 2. The zero-order valence-corrected chi connectivity index (χ0v) is 11.0. The highest BCUT2D eigenvalue weighted by molar-refractivity contribution is 7.88. The summed E-state index contributed by atoms with van der Waals surface area (Å²) in [7, 11) is -3.41. The van der Waals surface area contributed by atoms with Gasteiger partial charge in [-0.1, -0.05) is 37.3 Å². The lowest BCUT2D eigenvalue weighted by atomic mass is 10.1. The Balaban J connectivity index is 2.48. The Hall–Kier alpha value is -1.40. The van der Waals surface area contributed by atoms with Gasteiger partial charge in [-0.15, -0.1) is 0 Å². The molecule has 0 fully saturated rings. The van der Waals surface area contributed by atoms with Crippen LogP contribution in [0.25, 0.3) is 0 Å². The summed E-state index contributed by atoms with van der Waals surface area (Å²) in [5, 5.41) is 8.57. The van der Waals surface area contributed by atoms with Crippen molar-refractivity contribution < 1.29 is 18.3 Å². The topological polar surface area (TPSA) is 83.5 Å². The second-order valence-electron chi connectivity index (χ2n) is 4.30. The van der Waals surface area contributed by atoms with Gasteiger partial charge in [0.15, 0.2) is 0 Å². The second-order valence-corrected chi connectivity index (χ2v) is 6.10. The van der Waals surface area contributed by atoms with E-state index in [0.717, 1.165) is 0 Å². The molecule has 0 amide bonds. The van der Waals surface area contributed by atoms with Crippen molar-refractivity contribution in [1.29, 1.82) is 0 Å². The van der Waals surface area contributed by atoms with Gasteiger partial charge in [0.05, 0.1) is 5.75 Å². The van der Waals surface area contributed by atoms with Crippen molar-refractivity contribution in [3.8, 4) is 0 Å². The maximum atomic E-state index is 11.7. The summed E-state index contributed by atoms with van der Waals surface area (Å²) in [6.07, 6.45) is -0.0478. The van der Waals surface area contributed by atoms with E-state index in [2.05, 4.69) is 4.72 Å². The van der Waals surface area contributed by atoms with Crippen molar-refractivity contribution in [3.05, 3.63) is 35.9 Å². The van der Waals surface area contributed by atoms with Crippen LogP contribution in [0.5, 0.6) is 0 Å². The molecule has 18 heavy (non-hydrogen) atoms. The number of rotatable bonds is 7. The molecule has 0 aliphatic heterocycles. The van der Waals surface area contributed by atoms with E-state index in [4.69, 9.17) is 5.11 Å². The first kappa shape index (κ1) is 14.7. The van der Waals surface area contributed by atoms with Gasteiger partial charge in [0.25, 0.3) is 0 Å². The summed E-state index contributed by atoms with van der Waals surface area (Å²) < 4.78 is 25.9. The van der Waals surface area contributed by atoms with Crippen LogP contribution in [0.2, 0.25) is 0 Å². The van der Waals surface area contributed by atoms with Crippen LogP contribution in [0.4, 0.5) is 0 Å². The summed E-state index contributed by atoms with van der Waals surface area (Å²) in [5.41, 5.74) is 0.705. The molecule has 1 aromatic carbocycles. The van der Waals surface area contributed by atoms with Gasteiger partial charge in [-0.2, -0.15) is 0 Å². The molecular formula is C12H17NO4S. The summed E-state index contributed by atoms with van der Waals surface area (Å²) in [6.45, 7) is 1.83. The molecule has 1 unspecified atom stereocenters. The van der Waals surface area contributed by atoms with Crippen molar-refractivity contribution in [2.24, 2.45) is 5.92 Å². The molecule has 0 aliphatic carbocycles. The summed E-state index contributed by atoms with van der Waals surface area (Å²) in [4.78, 5) is 10.4. The Kier molecular flexibility index (Phi) is 5.30. The number of hydrogen-bond acceptors (Lipinski definition) is 3. The zero-order valence-electron chi connectivity index (χ0n) is 10.2. The monoisotopic (exact) mass is 271 g/mol. The molecule has 6 heteroatoms. The minimum Gasteiger partial charge on any atom is -0.481 e. The Morgan fingerprint density at radius 2 is 1.94 bits per heavy atom. The second kappa shape index (κ2) is 6.51. The molecule has 0 aromatic heterocycles. The lowest BCUT2D eigenvalue weighted by Gasteiger charge is -2.11. The van der Waals surface area contributed by atoms with E-state index in [1.54, 1.807) is 31.2 Å². The molecule has 1 rings (SSSR count). The van der Waals surface area contributed by atoms with Crippen molar-refractivity contribution in [2.75, 3.05) is 6.54 Å². The Morgan fingerprint density at radius 3 is 2.50 bits per heavy atom. The standard InChI is InChI=1S/C12H17NO4S/c1-10(7-12(14)15)8-13-18(16,17)9-11-5-3-2-4-6-11/h2-6,10,13H,7-9H2,1H3,(H,14,15). The van der Waals surface area contributed by atoms with Gasteiger partial charge in [0.2, 0.25) is 10.0 Å². The molecule has 0 saturated heterocycles. The van der Waals surface area contributed by atoms with Crippen LogP contribution in [-0.2, 0) is 20.6 Å². The minimum absolute atomic E-state index is 0.0478. The molecule has 1 atom stereocenters. The number of sulfonamides is 1. The number of benzene rings is 1. The molecule has 0 saturated carbocycles. The quantitative estimate of drug-likeness (QED) is 0.781. The van der Waals surface area contributed by atoms with Crippen LogP contribution >= 0.6 is 0 Å². The van der Waals surface area contributed by atoms with Gasteiger partial charge in [-0.05, 0) is 11.5 Å². The van der Waals surface area contributed by atoms with E-state index in [1.807, 2.05) is 6.07 Å². The number of aliphatic carboxylic acids is 1. The zero-order chi connectivity index (χ0) is 13.6. The smallest absolute Gasteiger partial charge is 0.303 e. The number of nitrogens with one attached hydrogen (secondary N) is 1. The van der Waals surface area contributed by atoms with E-state index >= 15 is 0 Å². The molecule has 100 valence electrons. The van der Waals surface area contributed by atoms with Gasteiger partial charge in [-0.25, -0.2) is 13.1 Å². The molecule has 1 aromatic rings. The van der Waals surface area contributed by atoms with E-state index in [0.29, 0.717) is 5.56 Å². The summed E-state index contributed by atoms with van der Waals surface area (Å²) in [6, 6.07) is 8.84. The van der Waals surface area contributed by atoms with Gasteiger partial charge in [-0.3, -0.25) is 4.79 Å². The number of carboxylic acids is 1.